The number of halogens is 1. The zero-order chi connectivity index (χ0) is 13.2. The van der Waals surface area contributed by atoms with Crippen molar-refractivity contribution in [3.05, 3.63) is 40.3 Å². The van der Waals surface area contributed by atoms with Crippen LogP contribution in [0.25, 0.3) is 11.3 Å². The van der Waals surface area contributed by atoms with Gasteiger partial charge in [-0.15, -0.1) is 0 Å². The topological polar surface area (TPSA) is 40.7 Å². The van der Waals surface area contributed by atoms with Crippen molar-refractivity contribution in [3.8, 4) is 11.3 Å². The van der Waals surface area contributed by atoms with Crippen LogP contribution in [0, 0.1) is 6.92 Å². The van der Waals surface area contributed by atoms with E-state index in [9.17, 15) is 0 Å². The molecule has 0 radical (unpaired) electrons. The second-order valence-electron chi connectivity index (χ2n) is 5.18. The number of hydrogen-bond donors (Lipinski definition) is 2. The Bertz CT molecular complexity index is 571. The molecule has 0 bridgehead atoms. The highest BCUT2D eigenvalue weighted by Crippen LogP contribution is 2.28. The molecule has 1 saturated heterocycles. The second-order valence-corrected chi connectivity index (χ2v) is 6.10. The molecule has 2 aromatic rings. The van der Waals surface area contributed by atoms with Gasteiger partial charge in [-0.1, -0.05) is 22.0 Å². The van der Waals surface area contributed by atoms with Crippen molar-refractivity contribution in [1.82, 2.24) is 15.3 Å². The van der Waals surface area contributed by atoms with Crippen LogP contribution in [0.5, 0.6) is 0 Å². The molecule has 0 amide bonds. The fourth-order valence-corrected chi connectivity index (χ4v) is 3.01. The summed E-state index contributed by atoms with van der Waals surface area (Å²) in [6, 6.07) is 6.34. The third-order valence-electron chi connectivity index (χ3n) is 3.77. The van der Waals surface area contributed by atoms with E-state index in [0.29, 0.717) is 5.92 Å². The lowest BCUT2D eigenvalue weighted by Crippen LogP contribution is -2.28. The first-order valence-electron chi connectivity index (χ1n) is 6.76. The summed E-state index contributed by atoms with van der Waals surface area (Å²) < 4.78 is 1.10. The minimum atomic E-state index is 0.523. The Balaban J connectivity index is 1.89. The summed E-state index contributed by atoms with van der Waals surface area (Å²) in [5.74, 6) is 1.64. The molecule has 1 unspecified atom stereocenters. The number of aromatic nitrogens is 2. The lowest BCUT2D eigenvalue weighted by atomic mass is 9.99. The van der Waals surface area contributed by atoms with Crippen molar-refractivity contribution >= 4 is 15.9 Å². The molecular formula is C15H18BrN3. The first kappa shape index (κ1) is 12.9. The van der Waals surface area contributed by atoms with E-state index in [1.807, 2.05) is 6.20 Å². The minimum Gasteiger partial charge on any atom is -0.342 e. The van der Waals surface area contributed by atoms with Crippen LogP contribution in [0.2, 0.25) is 0 Å². The number of benzene rings is 1. The van der Waals surface area contributed by atoms with Crippen molar-refractivity contribution in [2.45, 2.75) is 25.7 Å². The molecule has 0 saturated carbocycles. The van der Waals surface area contributed by atoms with Gasteiger partial charge in [-0.3, -0.25) is 0 Å². The molecule has 3 nitrogen and oxygen atoms in total. The number of H-pyrrole nitrogens is 1. The van der Waals surface area contributed by atoms with Gasteiger partial charge in [0.15, 0.2) is 0 Å². The van der Waals surface area contributed by atoms with Crippen LogP contribution >= 0.6 is 15.9 Å². The summed E-state index contributed by atoms with van der Waals surface area (Å²) in [5, 5.41) is 3.44. The van der Waals surface area contributed by atoms with Gasteiger partial charge in [0.2, 0.25) is 0 Å². The van der Waals surface area contributed by atoms with Crippen molar-refractivity contribution in [3.63, 3.8) is 0 Å². The van der Waals surface area contributed by atoms with Crippen LogP contribution < -0.4 is 5.32 Å². The molecule has 1 aromatic heterocycles. The molecular weight excluding hydrogens is 302 g/mol. The molecule has 19 heavy (non-hydrogen) atoms. The standard InChI is InChI=1S/C15H18BrN3/c1-10-4-5-12(16)7-13(10)14-9-18-15(19-14)11-3-2-6-17-8-11/h4-5,7,9,11,17H,2-3,6,8H2,1H3,(H,18,19). The van der Waals surface area contributed by atoms with Crippen LogP contribution in [0.15, 0.2) is 28.9 Å². The van der Waals surface area contributed by atoms with Gasteiger partial charge in [-0.05, 0) is 44.0 Å². The van der Waals surface area contributed by atoms with Crippen LogP contribution in [0.1, 0.15) is 30.1 Å². The number of aromatic amines is 1. The van der Waals surface area contributed by atoms with E-state index in [-0.39, 0.29) is 0 Å². The summed E-state index contributed by atoms with van der Waals surface area (Å²) >= 11 is 3.53. The van der Waals surface area contributed by atoms with Gasteiger partial charge in [0.05, 0.1) is 11.9 Å². The molecule has 4 heteroatoms. The molecule has 1 atom stereocenters. The number of imidazole rings is 1. The summed E-state index contributed by atoms with van der Waals surface area (Å²) in [7, 11) is 0. The van der Waals surface area contributed by atoms with Crippen LogP contribution in [-0.4, -0.2) is 23.1 Å². The highest BCUT2D eigenvalue weighted by Gasteiger charge is 2.18. The van der Waals surface area contributed by atoms with E-state index in [4.69, 9.17) is 0 Å². The van der Waals surface area contributed by atoms with E-state index in [0.717, 1.165) is 29.1 Å². The molecule has 3 rings (SSSR count). The van der Waals surface area contributed by atoms with Crippen LogP contribution in [0.4, 0.5) is 0 Å². The van der Waals surface area contributed by atoms with Crippen LogP contribution in [0.3, 0.4) is 0 Å². The Hall–Kier alpha value is -1.13. The number of aryl methyl sites for hydroxylation is 1. The number of hydrogen-bond acceptors (Lipinski definition) is 2. The van der Waals surface area contributed by atoms with E-state index >= 15 is 0 Å². The Morgan fingerprint density at radius 3 is 3.05 bits per heavy atom. The lowest BCUT2D eigenvalue weighted by Gasteiger charge is -2.20. The summed E-state index contributed by atoms with van der Waals surface area (Å²) in [6.07, 6.45) is 4.41. The fraction of sp³-hybridized carbons (Fsp3) is 0.400. The van der Waals surface area contributed by atoms with E-state index < -0.39 is 0 Å². The maximum atomic E-state index is 4.58. The van der Waals surface area contributed by atoms with Gasteiger partial charge < -0.3 is 10.3 Å². The van der Waals surface area contributed by atoms with Crippen molar-refractivity contribution < 1.29 is 0 Å². The third kappa shape index (κ3) is 2.74. The Kier molecular flexibility index (Phi) is 3.71. The van der Waals surface area contributed by atoms with Crippen molar-refractivity contribution in [1.29, 1.82) is 0 Å². The van der Waals surface area contributed by atoms with E-state index in [2.05, 4.69) is 56.3 Å². The molecule has 2 N–H and O–H groups in total. The lowest BCUT2D eigenvalue weighted by molar-refractivity contribution is 0.449. The highest BCUT2D eigenvalue weighted by atomic mass is 79.9. The first-order valence-corrected chi connectivity index (χ1v) is 7.55. The van der Waals surface area contributed by atoms with Gasteiger partial charge in [0, 0.05) is 22.5 Å². The molecule has 100 valence electrons. The molecule has 0 aliphatic carbocycles. The number of rotatable bonds is 2. The smallest absolute Gasteiger partial charge is 0.110 e. The molecule has 1 fully saturated rings. The normalized spacial score (nSPS) is 19.6. The Labute approximate surface area is 122 Å². The number of piperidine rings is 1. The largest absolute Gasteiger partial charge is 0.342 e. The van der Waals surface area contributed by atoms with Gasteiger partial charge in [-0.2, -0.15) is 0 Å². The molecule has 2 heterocycles. The average molecular weight is 320 g/mol. The van der Waals surface area contributed by atoms with E-state index in [1.165, 1.54) is 24.0 Å². The SMILES string of the molecule is Cc1ccc(Br)cc1-c1cnc(C2CCCNC2)[nH]1. The minimum absolute atomic E-state index is 0.523. The summed E-state index contributed by atoms with van der Waals surface area (Å²) in [6.45, 7) is 4.30. The molecule has 1 aromatic carbocycles. The van der Waals surface area contributed by atoms with Gasteiger partial charge in [0.25, 0.3) is 0 Å². The molecule has 1 aliphatic rings. The highest BCUT2D eigenvalue weighted by molar-refractivity contribution is 9.10. The zero-order valence-electron chi connectivity index (χ0n) is 11.0. The first-order chi connectivity index (χ1) is 9.24. The predicted octanol–water partition coefficient (Wildman–Crippen LogP) is 3.61. The number of nitrogens with one attached hydrogen (secondary N) is 2. The number of nitrogens with zero attached hydrogens (tertiary/aromatic N) is 1. The maximum absolute atomic E-state index is 4.58. The van der Waals surface area contributed by atoms with Crippen LogP contribution in [-0.2, 0) is 0 Å². The van der Waals surface area contributed by atoms with Gasteiger partial charge >= 0.3 is 0 Å². The Morgan fingerprint density at radius 1 is 1.37 bits per heavy atom. The third-order valence-corrected chi connectivity index (χ3v) is 4.26. The van der Waals surface area contributed by atoms with Crippen molar-refractivity contribution in [2.24, 2.45) is 0 Å². The van der Waals surface area contributed by atoms with E-state index in [1.54, 1.807) is 0 Å². The van der Waals surface area contributed by atoms with Gasteiger partial charge in [0.1, 0.15) is 5.82 Å². The Morgan fingerprint density at radius 2 is 2.26 bits per heavy atom. The summed E-state index contributed by atoms with van der Waals surface area (Å²) in [5.41, 5.74) is 3.59. The molecule has 1 aliphatic heterocycles. The second kappa shape index (κ2) is 5.47. The maximum Gasteiger partial charge on any atom is 0.110 e. The average Bonchev–Trinajstić information content (AvgIpc) is 2.92. The van der Waals surface area contributed by atoms with Crippen molar-refractivity contribution in [2.75, 3.05) is 13.1 Å². The quantitative estimate of drug-likeness (QED) is 0.887. The fourth-order valence-electron chi connectivity index (χ4n) is 2.65. The predicted molar refractivity (Wildman–Crippen MR) is 81.3 cm³/mol. The molecule has 0 spiro atoms. The summed E-state index contributed by atoms with van der Waals surface area (Å²) in [4.78, 5) is 8.07. The zero-order valence-corrected chi connectivity index (χ0v) is 12.6. The van der Waals surface area contributed by atoms with Gasteiger partial charge in [-0.25, -0.2) is 4.98 Å². The monoisotopic (exact) mass is 319 g/mol.